The monoisotopic (exact) mass is 363 g/mol. The molecule has 27 heavy (non-hydrogen) atoms. The van der Waals surface area contributed by atoms with Gasteiger partial charge in [0.15, 0.2) is 0 Å². The van der Waals surface area contributed by atoms with Gasteiger partial charge >= 0.3 is 5.97 Å². The summed E-state index contributed by atoms with van der Waals surface area (Å²) in [5.74, 6) is -0.918. The largest absolute Gasteiger partial charge is 0.465 e. The summed E-state index contributed by atoms with van der Waals surface area (Å²) in [5.41, 5.74) is 2.16. The number of methoxy groups -OCH3 is 1. The highest BCUT2D eigenvalue weighted by Gasteiger charge is 2.34. The number of aryl methyl sites for hydroxylation is 1. The van der Waals surface area contributed by atoms with Gasteiger partial charge in [-0.05, 0) is 30.7 Å². The molecule has 2 aromatic carbocycles. The van der Waals surface area contributed by atoms with Crippen molar-refractivity contribution in [1.29, 1.82) is 0 Å². The van der Waals surface area contributed by atoms with Crippen molar-refractivity contribution in [3.8, 4) is 0 Å². The van der Waals surface area contributed by atoms with Crippen LogP contribution in [0.5, 0.6) is 0 Å². The van der Waals surface area contributed by atoms with Gasteiger partial charge in [0.1, 0.15) is 0 Å². The second-order valence-electron chi connectivity index (χ2n) is 6.29. The fraction of sp³-hybridized carbons (Fsp3) is 0.200. The van der Waals surface area contributed by atoms with Gasteiger partial charge in [-0.1, -0.05) is 18.2 Å². The Hall–Kier alpha value is -3.48. The molecule has 0 bridgehead atoms. The number of fused-ring (bicyclic) bond motifs is 2. The highest BCUT2D eigenvalue weighted by molar-refractivity contribution is 6.21. The first kappa shape index (κ1) is 17.0. The molecule has 4 rings (SSSR count). The number of hydrogen-bond acceptors (Lipinski definition) is 5. The van der Waals surface area contributed by atoms with Crippen molar-refractivity contribution in [2.24, 2.45) is 0 Å². The molecule has 0 unspecified atom stereocenters. The summed E-state index contributed by atoms with van der Waals surface area (Å²) in [6.45, 7) is 0.825. The smallest absolute Gasteiger partial charge is 0.337 e. The Bertz CT molecular complexity index is 1040. The van der Waals surface area contributed by atoms with E-state index in [1.54, 1.807) is 47.3 Å². The number of amides is 2. The van der Waals surface area contributed by atoms with Gasteiger partial charge in [0.2, 0.25) is 0 Å². The van der Waals surface area contributed by atoms with Crippen LogP contribution in [0.3, 0.4) is 0 Å². The van der Waals surface area contributed by atoms with Crippen LogP contribution in [-0.2, 0) is 11.3 Å². The molecule has 2 heterocycles. The van der Waals surface area contributed by atoms with E-state index in [1.165, 1.54) is 12.0 Å². The van der Waals surface area contributed by atoms with Gasteiger partial charge in [0.25, 0.3) is 11.8 Å². The molecule has 0 aliphatic carbocycles. The maximum absolute atomic E-state index is 12.4. The second-order valence-corrected chi connectivity index (χ2v) is 6.29. The molecule has 0 radical (unpaired) electrons. The Balaban J connectivity index is 1.48. The van der Waals surface area contributed by atoms with Gasteiger partial charge in [-0.25, -0.2) is 4.79 Å². The van der Waals surface area contributed by atoms with E-state index < -0.39 is 5.97 Å². The van der Waals surface area contributed by atoms with Gasteiger partial charge in [-0.15, -0.1) is 0 Å². The number of rotatable bonds is 5. The number of esters is 1. The van der Waals surface area contributed by atoms with E-state index in [0.717, 1.165) is 10.9 Å². The van der Waals surface area contributed by atoms with Crippen molar-refractivity contribution in [2.75, 3.05) is 13.7 Å². The van der Waals surface area contributed by atoms with Crippen LogP contribution < -0.4 is 0 Å². The number of benzene rings is 2. The van der Waals surface area contributed by atoms with E-state index in [-0.39, 0.29) is 11.8 Å². The average molecular weight is 363 g/mol. The fourth-order valence-corrected chi connectivity index (χ4v) is 3.31. The molecule has 0 spiro atoms. The molecule has 1 aromatic heterocycles. The Labute approximate surface area is 155 Å². The molecule has 0 atom stereocenters. The average Bonchev–Trinajstić information content (AvgIpc) is 3.21. The number of ether oxygens (including phenoxy) is 1. The van der Waals surface area contributed by atoms with Crippen molar-refractivity contribution >= 4 is 28.7 Å². The summed E-state index contributed by atoms with van der Waals surface area (Å²) in [5, 5.41) is 5.25. The van der Waals surface area contributed by atoms with Crippen LogP contribution >= 0.6 is 0 Å². The van der Waals surface area contributed by atoms with E-state index in [9.17, 15) is 14.4 Å². The quantitative estimate of drug-likeness (QED) is 0.514. The molecule has 0 N–H and O–H groups in total. The van der Waals surface area contributed by atoms with Crippen LogP contribution in [0.15, 0.2) is 48.7 Å². The standard InChI is InChI=1S/C20H17N3O4/c1-27-20(26)13-7-8-14-12-21-23(17(14)11-13)10-4-9-22-18(24)15-5-2-3-6-16(15)19(22)25/h2-3,5-8,11-12H,4,9-10H2,1H3. The molecule has 0 saturated carbocycles. The summed E-state index contributed by atoms with van der Waals surface area (Å²) >= 11 is 0. The van der Waals surface area contributed by atoms with E-state index >= 15 is 0 Å². The Morgan fingerprint density at radius 2 is 1.74 bits per heavy atom. The van der Waals surface area contributed by atoms with Crippen molar-refractivity contribution in [2.45, 2.75) is 13.0 Å². The Kier molecular flexibility index (Phi) is 4.19. The summed E-state index contributed by atoms with van der Waals surface area (Å²) in [6.07, 6.45) is 2.28. The number of nitrogens with zero attached hydrogens (tertiary/aromatic N) is 3. The lowest BCUT2D eigenvalue weighted by Crippen LogP contribution is -2.31. The first-order valence-electron chi connectivity index (χ1n) is 8.59. The van der Waals surface area contributed by atoms with Gasteiger partial charge in [-0.2, -0.15) is 5.10 Å². The summed E-state index contributed by atoms with van der Waals surface area (Å²) in [6, 6.07) is 12.1. The normalized spacial score (nSPS) is 13.3. The van der Waals surface area contributed by atoms with Crippen molar-refractivity contribution in [3.05, 3.63) is 65.4 Å². The molecule has 7 nitrogen and oxygen atoms in total. The molecule has 3 aromatic rings. The van der Waals surface area contributed by atoms with Crippen LogP contribution in [0.1, 0.15) is 37.5 Å². The number of hydrogen-bond donors (Lipinski definition) is 0. The lowest BCUT2D eigenvalue weighted by Gasteiger charge is -2.13. The predicted octanol–water partition coefficient (Wildman–Crippen LogP) is 2.51. The number of carbonyl (C=O) groups excluding carboxylic acids is 3. The number of aromatic nitrogens is 2. The third-order valence-electron chi connectivity index (χ3n) is 4.70. The highest BCUT2D eigenvalue weighted by Crippen LogP contribution is 2.23. The molecule has 136 valence electrons. The van der Waals surface area contributed by atoms with E-state index in [1.807, 2.05) is 6.07 Å². The molecular formula is C20H17N3O4. The molecule has 1 aliphatic rings. The maximum atomic E-state index is 12.4. The highest BCUT2D eigenvalue weighted by atomic mass is 16.5. The summed E-state index contributed by atoms with van der Waals surface area (Å²) < 4.78 is 6.52. The zero-order valence-corrected chi connectivity index (χ0v) is 14.7. The summed E-state index contributed by atoms with van der Waals surface area (Å²) in [4.78, 5) is 37.8. The van der Waals surface area contributed by atoms with Crippen LogP contribution in [0.25, 0.3) is 10.9 Å². The minimum Gasteiger partial charge on any atom is -0.465 e. The fourth-order valence-electron chi connectivity index (χ4n) is 3.31. The first-order chi connectivity index (χ1) is 13.1. The molecule has 0 saturated heterocycles. The predicted molar refractivity (Wildman–Crippen MR) is 97.5 cm³/mol. The number of imide groups is 1. The van der Waals surface area contributed by atoms with Crippen LogP contribution in [-0.4, -0.2) is 46.1 Å². The molecular weight excluding hydrogens is 346 g/mol. The van der Waals surface area contributed by atoms with Crippen molar-refractivity contribution in [3.63, 3.8) is 0 Å². The van der Waals surface area contributed by atoms with Crippen LogP contribution in [0.4, 0.5) is 0 Å². The third-order valence-corrected chi connectivity index (χ3v) is 4.70. The van der Waals surface area contributed by atoms with E-state index in [0.29, 0.717) is 36.2 Å². The van der Waals surface area contributed by atoms with E-state index in [2.05, 4.69) is 5.10 Å². The molecule has 0 fully saturated rings. The lowest BCUT2D eigenvalue weighted by atomic mass is 10.1. The number of carbonyl (C=O) groups is 3. The van der Waals surface area contributed by atoms with Gasteiger partial charge < -0.3 is 4.74 Å². The Morgan fingerprint density at radius 1 is 1.04 bits per heavy atom. The summed E-state index contributed by atoms with van der Waals surface area (Å²) in [7, 11) is 1.34. The third kappa shape index (κ3) is 2.87. The van der Waals surface area contributed by atoms with Crippen LogP contribution in [0, 0.1) is 0 Å². The zero-order valence-electron chi connectivity index (χ0n) is 14.7. The molecule has 1 aliphatic heterocycles. The topological polar surface area (TPSA) is 81.5 Å². The van der Waals surface area contributed by atoms with Crippen LogP contribution in [0.2, 0.25) is 0 Å². The first-order valence-corrected chi connectivity index (χ1v) is 8.59. The maximum Gasteiger partial charge on any atom is 0.337 e. The SMILES string of the molecule is COC(=O)c1ccc2cnn(CCCN3C(=O)c4ccccc4C3=O)c2c1. The van der Waals surface area contributed by atoms with Crippen molar-refractivity contribution in [1.82, 2.24) is 14.7 Å². The van der Waals surface area contributed by atoms with E-state index in [4.69, 9.17) is 4.74 Å². The minimum atomic E-state index is -0.407. The molecule has 2 amide bonds. The molecule has 7 heteroatoms. The van der Waals surface area contributed by atoms with Gasteiger partial charge in [0.05, 0.1) is 35.5 Å². The van der Waals surface area contributed by atoms with Crippen molar-refractivity contribution < 1.29 is 19.1 Å². The van der Waals surface area contributed by atoms with Gasteiger partial charge in [0, 0.05) is 18.5 Å². The second kappa shape index (κ2) is 6.68. The minimum absolute atomic E-state index is 0.256. The lowest BCUT2D eigenvalue weighted by molar-refractivity contribution is 0.0598. The Morgan fingerprint density at radius 3 is 2.41 bits per heavy atom. The van der Waals surface area contributed by atoms with Gasteiger partial charge in [-0.3, -0.25) is 19.2 Å². The zero-order chi connectivity index (χ0) is 19.0.